The van der Waals surface area contributed by atoms with Crippen LogP contribution in [0.15, 0.2) is 36.4 Å². The highest BCUT2D eigenvalue weighted by Crippen LogP contribution is 2.34. The quantitative estimate of drug-likeness (QED) is 0.901. The molecule has 3 nitrogen and oxygen atoms in total. The minimum Gasteiger partial charge on any atom is -0.410 e. The van der Waals surface area contributed by atoms with Crippen LogP contribution in [0.3, 0.4) is 0 Å². The predicted molar refractivity (Wildman–Crippen MR) is 72.1 cm³/mol. The first-order chi connectivity index (χ1) is 8.97. The van der Waals surface area contributed by atoms with Gasteiger partial charge in [0.25, 0.3) is 0 Å². The van der Waals surface area contributed by atoms with Crippen molar-refractivity contribution in [3.63, 3.8) is 0 Å². The fourth-order valence-electron chi connectivity index (χ4n) is 1.59. The highest BCUT2D eigenvalue weighted by Gasteiger charge is 2.11. The van der Waals surface area contributed by atoms with Gasteiger partial charge in [-0.15, -0.1) is 0 Å². The lowest BCUT2D eigenvalue weighted by Gasteiger charge is -2.09. The van der Waals surface area contributed by atoms with Crippen LogP contribution in [0.4, 0.5) is 9.18 Å². The second-order valence-corrected chi connectivity index (χ2v) is 4.50. The second kappa shape index (κ2) is 5.47. The van der Waals surface area contributed by atoms with Crippen LogP contribution in [0.2, 0.25) is 10.0 Å². The van der Waals surface area contributed by atoms with E-state index >= 15 is 0 Å². The minimum absolute atomic E-state index is 0.146. The van der Waals surface area contributed by atoms with Crippen molar-refractivity contribution in [2.75, 3.05) is 0 Å². The first kappa shape index (κ1) is 13.6. The highest BCUT2D eigenvalue weighted by atomic mass is 35.5. The molecule has 6 heteroatoms. The molecule has 2 aromatic rings. The van der Waals surface area contributed by atoms with Crippen LogP contribution >= 0.6 is 23.2 Å². The van der Waals surface area contributed by atoms with E-state index in [1.165, 1.54) is 18.2 Å². The number of carbonyl (C=O) groups is 1. The third-order valence-corrected chi connectivity index (χ3v) is 3.12. The molecule has 2 aromatic carbocycles. The molecular weight excluding hydrogens is 292 g/mol. The standard InChI is InChI=1S/C13H8Cl2FNO2/c14-10-3-1-7(5-11(10)15)9-6-8(16)2-4-12(9)19-13(17)18/h1-6H,(H2,17,18). The van der Waals surface area contributed by atoms with E-state index in [0.29, 0.717) is 21.2 Å². The molecule has 0 fully saturated rings. The zero-order chi connectivity index (χ0) is 14.0. The summed E-state index contributed by atoms with van der Waals surface area (Å²) in [7, 11) is 0. The molecule has 0 unspecified atom stereocenters. The van der Waals surface area contributed by atoms with Crippen molar-refractivity contribution in [2.45, 2.75) is 0 Å². The van der Waals surface area contributed by atoms with Gasteiger partial charge in [0.1, 0.15) is 11.6 Å². The Morgan fingerprint density at radius 1 is 1.11 bits per heavy atom. The zero-order valence-corrected chi connectivity index (χ0v) is 11.0. The summed E-state index contributed by atoms with van der Waals surface area (Å²) in [6.45, 7) is 0. The Bertz CT molecular complexity index is 647. The van der Waals surface area contributed by atoms with Crippen molar-refractivity contribution >= 4 is 29.3 Å². The molecule has 0 saturated heterocycles. The highest BCUT2D eigenvalue weighted by molar-refractivity contribution is 6.42. The molecule has 0 spiro atoms. The molecule has 2 rings (SSSR count). The fourth-order valence-corrected chi connectivity index (χ4v) is 1.89. The summed E-state index contributed by atoms with van der Waals surface area (Å²) in [5, 5.41) is 0.688. The van der Waals surface area contributed by atoms with E-state index in [9.17, 15) is 9.18 Å². The molecule has 0 aliphatic rings. The van der Waals surface area contributed by atoms with Gasteiger partial charge in [0.05, 0.1) is 10.0 Å². The number of halogens is 3. The fraction of sp³-hybridized carbons (Fsp3) is 0. The third kappa shape index (κ3) is 3.16. The average Bonchev–Trinajstić information content (AvgIpc) is 2.34. The first-order valence-corrected chi connectivity index (χ1v) is 5.95. The Labute approximate surface area is 118 Å². The van der Waals surface area contributed by atoms with Crippen molar-refractivity contribution in [2.24, 2.45) is 5.73 Å². The number of ether oxygens (including phenoxy) is 1. The van der Waals surface area contributed by atoms with Gasteiger partial charge >= 0.3 is 6.09 Å². The van der Waals surface area contributed by atoms with Crippen LogP contribution < -0.4 is 10.5 Å². The summed E-state index contributed by atoms with van der Waals surface area (Å²) >= 11 is 11.7. The molecule has 0 aliphatic heterocycles. The van der Waals surface area contributed by atoms with Gasteiger partial charge < -0.3 is 10.5 Å². The summed E-state index contributed by atoms with van der Waals surface area (Å²) in [6, 6.07) is 8.45. The van der Waals surface area contributed by atoms with Gasteiger partial charge in [-0.25, -0.2) is 9.18 Å². The zero-order valence-electron chi connectivity index (χ0n) is 9.49. The Morgan fingerprint density at radius 3 is 2.47 bits per heavy atom. The van der Waals surface area contributed by atoms with E-state index in [0.717, 1.165) is 0 Å². The monoisotopic (exact) mass is 299 g/mol. The Hall–Kier alpha value is -1.78. The number of nitrogens with two attached hydrogens (primary N) is 1. The van der Waals surface area contributed by atoms with Crippen molar-refractivity contribution in [1.29, 1.82) is 0 Å². The number of carbonyl (C=O) groups excluding carboxylic acids is 1. The molecule has 2 N–H and O–H groups in total. The maximum Gasteiger partial charge on any atom is 0.409 e. The van der Waals surface area contributed by atoms with E-state index in [1.807, 2.05) is 0 Å². The lowest BCUT2D eigenvalue weighted by molar-refractivity contribution is 0.211. The van der Waals surface area contributed by atoms with Gasteiger partial charge in [-0.2, -0.15) is 0 Å². The minimum atomic E-state index is -0.979. The molecule has 0 heterocycles. The summed E-state index contributed by atoms with van der Waals surface area (Å²) < 4.78 is 18.1. The number of rotatable bonds is 2. The molecule has 0 saturated carbocycles. The van der Waals surface area contributed by atoms with Crippen molar-refractivity contribution in [3.8, 4) is 16.9 Å². The molecular formula is C13H8Cl2FNO2. The maximum atomic E-state index is 13.3. The van der Waals surface area contributed by atoms with Gasteiger partial charge in [-0.1, -0.05) is 29.3 Å². The smallest absolute Gasteiger partial charge is 0.409 e. The van der Waals surface area contributed by atoms with Crippen LogP contribution in [0.5, 0.6) is 5.75 Å². The van der Waals surface area contributed by atoms with E-state index < -0.39 is 11.9 Å². The SMILES string of the molecule is NC(=O)Oc1ccc(F)cc1-c1ccc(Cl)c(Cl)c1. The Balaban J connectivity index is 2.55. The van der Waals surface area contributed by atoms with E-state index in [2.05, 4.69) is 0 Å². The van der Waals surface area contributed by atoms with Crippen molar-refractivity contribution in [3.05, 3.63) is 52.3 Å². The first-order valence-electron chi connectivity index (χ1n) is 5.19. The van der Waals surface area contributed by atoms with E-state index in [-0.39, 0.29) is 5.75 Å². The molecule has 0 aromatic heterocycles. The number of amides is 1. The summed E-state index contributed by atoms with van der Waals surface area (Å²) in [5.41, 5.74) is 5.88. The lowest BCUT2D eigenvalue weighted by atomic mass is 10.0. The molecule has 0 radical (unpaired) electrons. The molecule has 0 atom stereocenters. The third-order valence-electron chi connectivity index (χ3n) is 2.38. The molecule has 19 heavy (non-hydrogen) atoms. The van der Waals surface area contributed by atoms with Crippen LogP contribution in [-0.2, 0) is 0 Å². The van der Waals surface area contributed by atoms with Crippen LogP contribution in [0.25, 0.3) is 11.1 Å². The van der Waals surface area contributed by atoms with Gasteiger partial charge in [-0.05, 0) is 35.9 Å². The molecule has 0 aliphatic carbocycles. The van der Waals surface area contributed by atoms with Crippen molar-refractivity contribution < 1.29 is 13.9 Å². The maximum absolute atomic E-state index is 13.3. The normalized spacial score (nSPS) is 10.3. The van der Waals surface area contributed by atoms with Gasteiger partial charge in [-0.3, -0.25) is 0 Å². The number of primary amides is 1. The number of hydrogen-bond donors (Lipinski definition) is 1. The Kier molecular flexibility index (Phi) is 3.93. The lowest BCUT2D eigenvalue weighted by Crippen LogP contribution is -2.16. The summed E-state index contributed by atoms with van der Waals surface area (Å²) in [4.78, 5) is 10.8. The van der Waals surface area contributed by atoms with Crippen LogP contribution in [0.1, 0.15) is 0 Å². The van der Waals surface area contributed by atoms with Crippen LogP contribution in [-0.4, -0.2) is 6.09 Å². The van der Waals surface area contributed by atoms with Gasteiger partial charge in [0.2, 0.25) is 0 Å². The van der Waals surface area contributed by atoms with Gasteiger partial charge in [0.15, 0.2) is 0 Å². The number of benzene rings is 2. The molecule has 98 valence electrons. The molecule has 0 bridgehead atoms. The predicted octanol–water partition coefficient (Wildman–Crippen LogP) is 4.26. The second-order valence-electron chi connectivity index (χ2n) is 3.69. The van der Waals surface area contributed by atoms with Crippen LogP contribution in [0, 0.1) is 5.82 Å². The topological polar surface area (TPSA) is 52.3 Å². The summed E-state index contributed by atoms with van der Waals surface area (Å²) in [6.07, 6.45) is -0.979. The number of hydrogen-bond acceptors (Lipinski definition) is 2. The van der Waals surface area contributed by atoms with E-state index in [4.69, 9.17) is 33.7 Å². The summed E-state index contributed by atoms with van der Waals surface area (Å²) in [5.74, 6) is -0.329. The van der Waals surface area contributed by atoms with Gasteiger partial charge in [0, 0.05) is 5.56 Å². The van der Waals surface area contributed by atoms with Crippen molar-refractivity contribution in [1.82, 2.24) is 0 Å². The average molecular weight is 300 g/mol. The largest absolute Gasteiger partial charge is 0.410 e. The Morgan fingerprint density at radius 2 is 1.84 bits per heavy atom. The molecule has 1 amide bonds. The van der Waals surface area contributed by atoms with E-state index in [1.54, 1.807) is 18.2 Å².